The summed E-state index contributed by atoms with van der Waals surface area (Å²) in [5.74, 6) is 0.808. The summed E-state index contributed by atoms with van der Waals surface area (Å²) in [5, 5.41) is 0. The molecule has 0 saturated carbocycles. The van der Waals surface area contributed by atoms with Crippen molar-refractivity contribution in [3.05, 3.63) is 29.8 Å². The van der Waals surface area contributed by atoms with Crippen molar-refractivity contribution < 1.29 is 9.53 Å². The number of hydrogen-bond acceptors (Lipinski definition) is 3. The minimum Gasteiger partial charge on any atom is -0.494 e. The fourth-order valence-corrected chi connectivity index (χ4v) is 1.82. The zero-order valence-electron chi connectivity index (χ0n) is 13.1. The van der Waals surface area contributed by atoms with E-state index in [1.165, 1.54) is 0 Å². The highest BCUT2D eigenvalue weighted by Gasteiger charge is 2.29. The summed E-state index contributed by atoms with van der Waals surface area (Å²) in [7, 11) is 1.78. The van der Waals surface area contributed by atoms with Gasteiger partial charge < -0.3 is 15.4 Å². The first kappa shape index (κ1) is 16.5. The largest absolute Gasteiger partial charge is 0.494 e. The molecule has 4 nitrogen and oxygen atoms in total. The number of carbonyl (C=O) groups excluding carboxylic acids is 1. The van der Waals surface area contributed by atoms with Crippen LogP contribution in [0.15, 0.2) is 24.3 Å². The summed E-state index contributed by atoms with van der Waals surface area (Å²) in [4.78, 5) is 13.9. The van der Waals surface area contributed by atoms with Gasteiger partial charge in [0.2, 0.25) is 5.91 Å². The Hall–Kier alpha value is -1.55. The second-order valence-electron chi connectivity index (χ2n) is 6.11. The summed E-state index contributed by atoms with van der Waals surface area (Å²) in [6.45, 7) is 9.07. The summed E-state index contributed by atoms with van der Waals surface area (Å²) >= 11 is 0. The molecule has 0 unspecified atom stereocenters. The number of likely N-dealkylation sites (N-methyl/N-ethyl adjacent to an activating group) is 1. The first-order chi connectivity index (χ1) is 9.25. The highest BCUT2D eigenvalue weighted by molar-refractivity contribution is 5.82. The summed E-state index contributed by atoms with van der Waals surface area (Å²) in [5.41, 5.74) is 6.83. The molecule has 0 aromatic heterocycles. The van der Waals surface area contributed by atoms with E-state index in [1.54, 1.807) is 11.9 Å². The van der Waals surface area contributed by atoms with Crippen molar-refractivity contribution in [2.45, 2.75) is 40.3 Å². The first-order valence-electron chi connectivity index (χ1n) is 6.98. The maximum absolute atomic E-state index is 12.2. The SMILES string of the molecule is CCOc1ccc(CN(C)C(=O)[C@H](N)C(C)(C)C)cc1. The normalized spacial score (nSPS) is 12.9. The molecule has 1 aromatic rings. The molecule has 20 heavy (non-hydrogen) atoms. The fraction of sp³-hybridized carbons (Fsp3) is 0.562. The average molecular weight is 278 g/mol. The molecule has 0 bridgehead atoms. The fourth-order valence-electron chi connectivity index (χ4n) is 1.82. The van der Waals surface area contributed by atoms with Gasteiger partial charge in [0.25, 0.3) is 0 Å². The van der Waals surface area contributed by atoms with Crippen molar-refractivity contribution in [3.8, 4) is 5.75 Å². The standard InChI is InChI=1S/C16H26N2O2/c1-6-20-13-9-7-12(8-10-13)11-18(5)15(19)14(17)16(2,3)4/h7-10,14H,6,11,17H2,1-5H3/t14-/m0/s1. The lowest BCUT2D eigenvalue weighted by Gasteiger charge is -2.30. The minimum absolute atomic E-state index is 0.0358. The lowest BCUT2D eigenvalue weighted by molar-refractivity contribution is -0.134. The molecule has 1 amide bonds. The first-order valence-corrected chi connectivity index (χ1v) is 6.98. The number of carbonyl (C=O) groups is 1. The molecule has 0 fully saturated rings. The number of nitrogens with two attached hydrogens (primary N) is 1. The van der Waals surface area contributed by atoms with Gasteiger partial charge in [0, 0.05) is 13.6 Å². The van der Waals surface area contributed by atoms with Crippen LogP contribution in [0.3, 0.4) is 0 Å². The smallest absolute Gasteiger partial charge is 0.240 e. The molecule has 112 valence electrons. The molecule has 0 aliphatic heterocycles. The van der Waals surface area contributed by atoms with Gasteiger partial charge in [-0.1, -0.05) is 32.9 Å². The van der Waals surface area contributed by atoms with Gasteiger partial charge in [-0.2, -0.15) is 0 Å². The Bertz CT molecular complexity index is 435. The van der Waals surface area contributed by atoms with Crippen molar-refractivity contribution in [1.29, 1.82) is 0 Å². The third kappa shape index (κ3) is 4.53. The zero-order valence-corrected chi connectivity index (χ0v) is 13.1. The molecule has 4 heteroatoms. The molecule has 2 N–H and O–H groups in total. The number of benzene rings is 1. The van der Waals surface area contributed by atoms with E-state index in [1.807, 2.05) is 52.0 Å². The van der Waals surface area contributed by atoms with E-state index in [0.29, 0.717) is 13.2 Å². The second-order valence-corrected chi connectivity index (χ2v) is 6.11. The van der Waals surface area contributed by atoms with Gasteiger partial charge in [0.15, 0.2) is 0 Å². The van der Waals surface area contributed by atoms with Gasteiger partial charge in [-0.3, -0.25) is 4.79 Å². The average Bonchev–Trinajstić information content (AvgIpc) is 2.38. The van der Waals surface area contributed by atoms with Crippen molar-refractivity contribution in [3.63, 3.8) is 0 Å². The van der Waals surface area contributed by atoms with Crippen LogP contribution in [0.5, 0.6) is 5.75 Å². The Morgan fingerprint density at radius 2 is 1.85 bits per heavy atom. The summed E-state index contributed by atoms with van der Waals surface area (Å²) in [6, 6.07) is 7.28. The molecule has 0 heterocycles. The third-order valence-electron chi connectivity index (χ3n) is 3.23. The molecule has 0 aliphatic rings. The minimum atomic E-state index is -0.491. The van der Waals surface area contributed by atoms with Crippen molar-refractivity contribution in [1.82, 2.24) is 4.90 Å². The number of nitrogens with zero attached hydrogens (tertiary/aromatic N) is 1. The Balaban J connectivity index is 2.66. The van der Waals surface area contributed by atoms with E-state index in [4.69, 9.17) is 10.5 Å². The van der Waals surface area contributed by atoms with Crippen LogP contribution in [0.2, 0.25) is 0 Å². The van der Waals surface area contributed by atoms with Crippen LogP contribution < -0.4 is 10.5 Å². The third-order valence-corrected chi connectivity index (χ3v) is 3.23. The molecule has 0 radical (unpaired) electrons. The molecule has 1 atom stereocenters. The van der Waals surface area contributed by atoms with Crippen LogP contribution in [0.25, 0.3) is 0 Å². The predicted octanol–water partition coefficient (Wildman–Crippen LogP) is 2.42. The quantitative estimate of drug-likeness (QED) is 0.900. The highest BCUT2D eigenvalue weighted by atomic mass is 16.5. The Morgan fingerprint density at radius 3 is 2.30 bits per heavy atom. The van der Waals surface area contributed by atoms with E-state index in [-0.39, 0.29) is 11.3 Å². The Labute approximate surface area is 121 Å². The summed E-state index contributed by atoms with van der Waals surface area (Å²) in [6.07, 6.45) is 0. The molecule has 1 aromatic carbocycles. The number of ether oxygens (including phenoxy) is 1. The van der Waals surface area contributed by atoms with Crippen LogP contribution in [-0.2, 0) is 11.3 Å². The molecule has 0 spiro atoms. The number of amides is 1. The number of hydrogen-bond donors (Lipinski definition) is 1. The highest BCUT2D eigenvalue weighted by Crippen LogP contribution is 2.20. The maximum atomic E-state index is 12.2. The topological polar surface area (TPSA) is 55.6 Å². The monoisotopic (exact) mass is 278 g/mol. The summed E-state index contributed by atoms with van der Waals surface area (Å²) < 4.78 is 5.40. The van der Waals surface area contributed by atoms with Crippen molar-refractivity contribution >= 4 is 5.91 Å². The van der Waals surface area contributed by atoms with Crippen molar-refractivity contribution in [2.24, 2.45) is 11.1 Å². The maximum Gasteiger partial charge on any atom is 0.240 e. The molecular weight excluding hydrogens is 252 g/mol. The lowest BCUT2D eigenvalue weighted by Crippen LogP contribution is -2.48. The Kier molecular flexibility index (Phi) is 5.57. The van der Waals surface area contributed by atoms with E-state index in [2.05, 4.69) is 0 Å². The Morgan fingerprint density at radius 1 is 1.30 bits per heavy atom. The van der Waals surface area contributed by atoms with Gasteiger partial charge in [-0.05, 0) is 30.0 Å². The van der Waals surface area contributed by atoms with Crippen LogP contribution in [-0.4, -0.2) is 30.5 Å². The predicted molar refractivity (Wildman–Crippen MR) is 81.5 cm³/mol. The van der Waals surface area contributed by atoms with Gasteiger partial charge in [-0.25, -0.2) is 0 Å². The van der Waals surface area contributed by atoms with Crippen LogP contribution >= 0.6 is 0 Å². The van der Waals surface area contributed by atoms with Gasteiger partial charge in [0.05, 0.1) is 12.6 Å². The molecule has 1 rings (SSSR count). The van der Waals surface area contributed by atoms with E-state index in [9.17, 15) is 4.79 Å². The van der Waals surface area contributed by atoms with Gasteiger partial charge in [-0.15, -0.1) is 0 Å². The molecular formula is C16H26N2O2. The number of rotatable bonds is 5. The molecule has 0 aliphatic carbocycles. The molecule has 0 saturated heterocycles. The van der Waals surface area contributed by atoms with Gasteiger partial charge >= 0.3 is 0 Å². The zero-order chi connectivity index (χ0) is 15.3. The second kappa shape index (κ2) is 6.75. The van der Waals surface area contributed by atoms with Crippen LogP contribution in [0.1, 0.15) is 33.3 Å². The van der Waals surface area contributed by atoms with E-state index >= 15 is 0 Å². The van der Waals surface area contributed by atoms with Gasteiger partial charge in [0.1, 0.15) is 5.75 Å². The van der Waals surface area contributed by atoms with E-state index < -0.39 is 6.04 Å². The van der Waals surface area contributed by atoms with E-state index in [0.717, 1.165) is 11.3 Å². The lowest BCUT2D eigenvalue weighted by atomic mass is 9.86. The van der Waals surface area contributed by atoms with Crippen molar-refractivity contribution in [2.75, 3.05) is 13.7 Å². The van der Waals surface area contributed by atoms with Crippen LogP contribution in [0, 0.1) is 5.41 Å². The van der Waals surface area contributed by atoms with Crippen LogP contribution in [0.4, 0.5) is 0 Å².